The molecular formula is C19H23NO5S. The summed E-state index contributed by atoms with van der Waals surface area (Å²) >= 11 is 0. The predicted octanol–water partition coefficient (Wildman–Crippen LogP) is 3.34. The number of hydrogen-bond acceptors (Lipinski definition) is 5. The van der Waals surface area contributed by atoms with Gasteiger partial charge in [-0.3, -0.25) is 0 Å². The standard InChI is InChI=1S/C10H8O2.C9H13NO3S.H2/c1-7-6-8-4-2-3-5-9(8)12-10(7)11;1-3-13-8-6-4-5-7-9(8)14(11,12)10-2;/h2-6H,1H3;4-7,10H,3H2,1-2H3;1H. The molecule has 0 aliphatic heterocycles. The van der Waals surface area contributed by atoms with Crippen LogP contribution in [0.4, 0.5) is 0 Å². The van der Waals surface area contributed by atoms with E-state index in [9.17, 15) is 13.2 Å². The quantitative estimate of drug-likeness (QED) is 0.705. The molecule has 0 fully saturated rings. The van der Waals surface area contributed by atoms with Crippen molar-refractivity contribution >= 4 is 21.0 Å². The van der Waals surface area contributed by atoms with Crippen LogP contribution < -0.4 is 15.1 Å². The lowest BCUT2D eigenvalue weighted by Crippen LogP contribution is -2.19. The molecule has 0 atom stereocenters. The average molecular weight is 377 g/mol. The van der Waals surface area contributed by atoms with E-state index in [-0.39, 0.29) is 11.9 Å². The van der Waals surface area contributed by atoms with E-state index in [0.717, 1.165) is 5.39 Å². The minimum Gasteiger partial charge on any atom is -0.492 e. The van der Waals surface area contributed by atoms with Gasteiger partial charge in [-0.25, -0.2) is 17.9 Å². The fraction of sp³-hybridized carbons (Fsp3) is 0.211. The number of fused-ring (bicyclic) bond motifs is 1. The summed E-state index contributed by atoms with van der Waals surface area (Å²) in [5.74, 6) is 0.379. The summed E-state index contributed by atoms with van der Waals surface area (Å²) in [6.45, 7) is 4.00. The minimum absolute atomic E-state index is 0. The molecule has 0 spiro atoms. The number of benzene rings is 2. The third-order valence-corrected chi connectivity index (χ3v) is 4.98. The van der Waals surface area contributed by atoms with Gasteiger partial charge in [0, 0.05) is 12.4 Å². The zero-order valence-corrected chi connectivity index (χ0v) is 15.7. The highest BCUT2D eigenvalue weighted by Crippen LogP contribution is 2.22. The summed E-state index contributed by atoms with van der Waals surface area (Å²) in [5, 5.41) is 0.967. The molecule has 1 N–H and O–H groups in total. The van der Waals surface area contributed by atoms with Crippen molar-refractivity contribution in [2.45, 2.75) is 18.7 Å². The maximum Gasteiger partial charge on any atom is 0.339 e. The molecule has 0 saturated carbocycles. The van der Waals surface area contributed by atoms with Crippen LogP contribution in [0.2, 0.25) is 0 Å². The summed E-state index contributed by atoms with van der Waals surface area (Å²) in [7, 11) is -2.05. The van der Waals surface area contributed by atoms with Crippen LogP contribution in [0.5, 0.6) is 5.75 Å². The first-order valence-corrected chi connectivity index (χ1v) is 9.52. The van der Waals surface area contributed by atoms with Crippen LogP contribution in [-0.4, -0.2) is 22.1 Å². The minimum atomic E-state index is -3.43. The summed E-state index contributed by atoms with van der Waals surface area (Å²) < 4.78 is 35.5. The van der Waals surface area contributed by atoms with E-state index in [1.807, 2.05) is 31.2 Å². The number of ether oxygens (including phenoxy) is 1. The normalized spacial score (nSPS) is 10.9. The second-order valence-corrected chi connectivity index (χ2v) is 7.20. The van der Waals surface area contributed by atoms with Crippen molar-refractivity contribution in [3.05, 3.63) is 70.6 Å². The molecular weight excluding hydrogens is 354 g/mol. The van der Waals surface area contributed by atoms with Crippen LogP contribution in [0.25, 0.3) is 11.0 Å². The van der Waals surface area contributed by atoms with Gasteiger partial charge in [0.25, 0.3) is 0 Å². The van der Waals surface area contributed by atoms with E-state index in [2.05, 4.69) is 4.72 Å². The first-order valence-electron chi connectivity index (χ1n) is 8.04. The predicted molar refractivity (Wildman–Crippen MR) is 103 cm³/mol. The molecule has 0 saturated heterocycles. The van der Waals surface area contributed by atoms with Crippen molar-refractivity contribution in [1.29, 1.82) is 0 Å². The Hall–Kier alpha value is -2.64. The Morgan fingerprint density at radius 1 is 1.12 bits per heavy atom. The molecule has 0 bridgehead atoms. The van der Waals surface area contributed by atoms with Gasteiger partial charge in [-0.05, 0) is 45.2 Å². The maximum absolute atomic E-state index is 11.5. The van der Waals surface area contributed by atoms with Gasteiger partial charge >= 0.3 is 5.63 Å². The number of para-hydroxylation sites is 2. The van der Waals surface area contributed by atoms with Crippen LogP contribution in [0.1, 0.15) is 13.9 Å². The Morgan fingerprint density at radius 3 is 2.46 bits per heavy atom. The monoisotopic (exact) mass is 377 g/mol. The smallest absolute Gasteiger partial charge is 0.339 e. The van der Waals surface area contributed by atoms with Gasteiger partial charge in [0.2, 0.25) is 10.0 Å². The number of hydrogen-bond donors (Lipinski definition) is 1. The van der Waals surface area contributed by atoms with Crippen LogP contribution in [0, 0.1) is 6.92 Å². The molecule has 2 aromatic carbocycles. The Morgan fingerprint density at radius 2 is 1.77 bits per heavy atom. The van der Waals surface area contributed by atoms with Gasteiger partial charge in [0.05, 0.1) is 6.61 Å². The molecule has 0 unspecified atom stereocenters. The zero-order valence-electron chi connectivity index (χ0n) is 14.9. The van der Waals surface area contributed by atoms with E-state index in [1.165, 1.54) is 13.1 Å². The highest BCUT2D eigenvalue weighted by molar-refractivity contribution is 7.89. The highest BCUT2D eigenvalue weighted by atomic mass is 32.2. The summed E-state index contributed by atoms with van der Waals surface area (Å²) in [4.78, 5) is 11.2. The molecule has 3 aromatic rings. The Bertz CT molecular complexity index is 1050. The van der Waals surface area contributed by atoms with Gasteiger partial charge in [-0.1, -0.05) is 30.3 Å². The van der Waals surface area contributed by atoms with Crippen molar-refractivity contribution in [1.82, 2.24) is 4.72 Å². The molecule has 6 nitrogen and oxygen atoms in total. The Kier molecular flexibility index (Phi) is 6.54. The first kappa shape index (κ1) is 19.7. The third-order valence-electron chi connectivity index (χ3n) is 3.52. The molecule has 0 aliphatic carbocycles. The number of sulfonamides is 1. The second kappa shape index (κ2) is 8.64. The molecule has 26 heavy (non-hydrogen) atoms. The highest BCUT2D eigenvalue weighted by Gasteiger charge is 2.16. The largest absolute Gasteiger partial charge is 0.492 e. The summed E-state index contributed by atoms with van der Waals surface area (Å²) in [5.41, 5.74) is 1.04. The lowest BCUT2D eigenvalue weighted by Gasteiger charge is -2.09. The summed E-state index contributed by atoms with van der Waals surface area (Å²) in [6.07, 6.45) is 0. The van der Waals surface area contributed by atoms with E-state index in [4.69, 9.17) is 9.15 Å². The lowest BCUT2D eigenvalue weighted by atomic mass is 10.2. The zero-order chi connectivity index (χ0) is 19.2. The van der Waals surface area contributed by atoms with E-state index in [0.29, 0.717) is 23.5 Å². The molecule has 140 valence electrons. The SMILES string of the molecule is CCOc1ccccc1S(=O)(=O)NC.Cc1cc2ccccc2oc1=O.[HH]. The van der Waals surface area contributed by atoms with Crippen LogP contribution in [-0.2, 0) is 10.0 Å². The molecule has 3 rings (SSSR count). The van der Waals surface area contributed by atoms with Crippen molar-refractivity contribution in [2.75, 3.05) is 13.7 Å². The van der Waals surface area contributed by atoms with Gasteiger partial charge < -0.3 is 9.15 Å². The number of nitrogens with one attached hydrogen (secondary N) is 1. The van der Waals surface area contributed by atoms with Crippen molar-refractivity contribution in [3.63, 3.8) is 0 Å². The van der Waals surface area contributed by atoms with E-state index < -0.39 is 10.0 Å². The summed E-state index contributed by atoms with van der Waals surface area (Å²) in [6, 6.07) is 15.8. The third kappa shape index (κ3) is 4.71. The molecule has 0 radical (unpaired) electrons. The van der Waals surface area contributed by atoms with Crippen molar-refractivity contribution in [3.8, 4) is 5.75 Å². The molecule has 1 heterocycles. The van der Waals surface area contributed by atoms with Gasteiger partial charge in [0.1, 0.15) is 16.2 Å². The Labute approximate surface area is 154 Å². The van der Waals surface area contributed by atoms with Gasteiger partial charge in [-0.15, -0.1) is 0 Å². The fourth-order valence-electron chi connectivity index (χ4n) is 2.22. The second-order valence-electron chi connectivity index (χ2n) is 5.34. The Balaban J connectivity index is 0.000000262. The van der Waals surface area contributed by atoms with Crippen LogP contribution in [0.15, 0.2) is 68.7 Å². The van der Waals surface area contributed by atoms with Gasteiger partial charge in [0.15, 0.2) is 0 Å². The lowest BCUT2D eigenvalue weighted by molar-refractivity contribution is 0.331. The molecule has 0 amide bonds. The molecule has 7 heteroatoms. The topological polar surface area (TPSA) is 85.6 Å². The molecule has 1 aromatic heterocycles. The van der Waals surface area contributed by atoms with Crippen molar-refractivity contribution in [2.24, 2.45) is 0 Å². The van der Waals surface area contributed by atoms with Crippen LogP contribution >= 0.6 is 0 Å². The van der Waals surface area contributed by atoms with E-state index >= 15 is 0 Å². The van der Waals surface area contributed by atoms with Crippen molar-refractivity contribution < 1.29 is 19.0 Å². The number of rotatable bonds is 4. The maximum atomic E-state index is 11.5. The van der Waals surface area contributed by atoms with E-state index in [1.54, 1.807) is 31.2 Å². The number of aryl methyl sites for hydroxylation is 1. The molecule has 0 aliphatic rings. The average Bonchev–Trinajstić information content (AvgIpc) is 2.64. The first-order chi connectivity index (χ1) is 12.4. The van der Waals surface area contributed by atoms with Gasteiger partial charge in [-0.2, -0.15) is 0 Å². The van der Waals surface area contributed by atoms with Crippen LogP contribution in [0.3, 0.4) is 0 Å². The fourth-order valence-corrected chi connectivity index (χ4v) is 3.09.